The number of hydrogen-bond donors (Lipinski definition) is 0. The van der Waals surface area contributed by atoms with Gasteiger partial charge in [0.2, 0.25) is 0 Å². The van der Waals surface area contributed by atoms with E-state index in [9.17, 15) is 0 Å². The predicted molar refractivity (Wildman–Crippen MR) is 200 cm³/mol. The van der Waals surface area contributed by atoms with Crippen LogP contribution in [0.4, 0.5) is 0 Å². The van der Waals surface area contributed by atoms with Crippen LogP contribution in [0, 0.1) is 18.1 Å². The Labute approximate surface area is 299 Å². The van der Waals surface area contributed by atoms with E-state index in [1.807, 2.05) is 24.3 Å². The zero-order chi connectivity index (χ0) is 33.6. The third-order valence-corrected chi connectivity index (χ3v) is 11.3. The Bertz CT molecular complexity index is 1650. The van der Waals surface area contributed by atoms with Gasteiger partial charge >= 0.3 is 123 Å². The van der Waals surface area contributed by atoms with E-state index in [1.54, 1.807) is 0 Å². The van der Waals surface area contributed by atoms with Crippen LogP contribution in [0.5, 0.6) is 0 Å². The van der Waals surface area contributed by atoms with Gasteiger partial charge in [-0.05, 0) is 17.4 Å². The van der Waals surface area contributed by atoms with Crippen LogP contribution in [0.25, 0.3) is 11.1 Å². The predicted octanol–water partition coefficient (Wildman–Crippen LogP) is 12.1. The van der Waals surface area contributed by atoms with Crippen molar-refractivity contribution in [1.29, 1.82) is 0 Å². The van der Waals surface area contributed by atoms with Crippen LogP contribution in [-0.2, 0) is 39.5 Å². The van der Waals surface area contributed by atoms with E-state index < -0.39 is 22.3 Å². The van der Waals surface area contributed by atoms with Crippen LogP contribution in [0.15, 0.2) is 96.1 Å². The van der Waals surface area contributed by atoms with Crippen molar-refractivity contribution in [3.8, 4) is 11.1 Å². The van der Waals surface area contributed by atoms with Crippen molar-refractivity contribution in [3.05, 3.63) is 152 Å². The van der Waals surface area contributed by atoms with Gasteiger partial charge in [-0.2, -0.15) is 35.4 Å². The zero-order valence-corrected chi connectivity index (χ0v) is 32.7. The Morgan fingerprint density at radius 1 is 0.717 bits per heavy atom. The standard InChI is InChI=1S/C21H25.C8H11.2C7H5Cl.Zr/c1-20(2,3)16-9-7-14-11-15-8-10-17(21(4,5)6)13-19(15)18(14)12-16;1-6-4-7(2)8(3)5-6;2*1-6-2-4-7(8)5-3-6;/h7,9-10,12-13H,11H2,1-6H3;4,6H,1-3H3;2*1-5H;/q2*-1;;;. The van der Waals surface area contributed by atoms with Gasteiger partial charge in [-0.15, -0.1) is 12.5 Å². The van der Waals surface area contributed by atoms with Gasteiger partial charge in [0.25, 0.3) is 0 Å². The fourth-order valence-electron chi connectivity index (χ4n) is 5.33. The fourth-order valence-corrected chi connectivity index (χ4v) is 7.68. The molecule has 6 rings (SSSR count). The van der Waals surface area contributed by atoms with Crippen molar-refractivity contribution >= 4 is 30.6 Å². The van der Waals surface area contributed by atoms with Gasteiger partial charge in [0.05, 0.1) is 0 Å². The van der Waals surface area contributed by atoms with Crippen molar-refractivity contribution in [2.45, 2.75) is 79.6 Å². The molecule has 2 aliphatic carbocycles. The summed E-state index contributed by atoms with van der Waals surface area (Å²) in [6.45, 7) is 20.0. The van der Waals surface area contributed by atoms with Crippen LogP contribution in [-0.4, -0.2) is 7.42 Å². The summed E-state index contributed by atoms with van der Waals surface area (Å²) in [5.74, 6) is 0.551. The van der Waals surface area contributed by atoms with Gasteiger partial charge in [-0.3, -0.25) is 6.08 Å². The second-order valence-corrected chi connectivity index (χ2v) is 17.4. The molecule has 0 saturated carbocycles. The van der Waals surface area contributed by atoms with Crippen LogP contribution >= 0.6 is 23.2 Å². The van der Waals surface area contributed by atoms with Gasteiger partial charge < -0.3 is 0 Å². The number of allylic oxidation sites excluding steroid dienone is 4. The third kappa shape index (κ3) is 10.3. The number of rotatable bonds is 2. The zero-order valence-electron chi connectivity index (χ0n) is 28.8. The minimum absolute atomic E-state index is 0.177. The second-order valence-electron chi connectivity index (χ2n) is 14.3. The van der Waals surface area contributed by atoms with Crippen LogP contribution in [0.2, 0.25) is 10.0 Å². The van der Waals surface area contributed by atoms with Crippen molar-refractivity contribution < 1.29 is 22.3 Å². The average molecular weight is 725 g/mol. The molecule has 0 bridgehead atoms. The van der Waals surface area contributed by atoms with Crippen LogP contribution < -0.4 is 0 Å². The monoisotopic (exact) mass is 722 g/mol. The number of benzene rings is 4. The molecular weight excluding hydrogens is 679 g/mol. The fraction of sp³-hybridized carbons (Fsp3) is 0.302. The topological polar surface area (TPSA) is 0 Å². The first-order valence-corrected chi connectivity index (χ1v) is 19.6. The van der Waals surface area contributed by atoms with Gasteiger partial charge in [-0.25, -0.2) is 11.1 Å². The molecule has 2 aliphatic rings. The van der Waals surface area contributed by atoms with E-state index in [1.165, 1.54) is 55.7 Å². The molecule has 46 heavy (non-hydrogen) atoms. The SMILES string of the molecule is CC(C)(C)c1c[c-]c2c(c1)-c1cc(C(C)(C)C)ccc1C2.CC1=[C-]C(C)C=C1C.Clc1ccc([CH]=[Zr]=[CH]c2ccc(Cl)cc2)cc1. The maximum atomic E-state index is 5.84. The number of halogens is 2. The minimum atomic E-state index is -0.623. The molecule has 0 radical (unpaired) electrons. The summed E-state index contributed by atoms with van der Waals surface area (Å²) in [4.78, 5) is 0. The van der Waals surface area contributed by atoms with E-state index in [0.29, 0.717) is 5.92 Å². The molecule has 1 unspecified atom stereocenters. The molecule has 4 aromatic rings. The molecule has 0 N–H and O–H groups in total. The Morgan fingerprint density at radius 2 is 1.24 bits per heavy atom. The van der Waals surface area contributed by atoms with Crippen LogP contribution in [0.1, 0.15) is 95.7 Å². The second kappa shape index (κ2) is 15.6. The Kier molecular flexibility index (Phi) is 12.4. The molecule has 0 aliphatic heterocycles. The summed E-state index contributed by atoms with van der Waals surface area (Å²) < 4.78 is 4.66. The summed E-state index contributed by atoms with van der Waals surface area (Å²) >= 11 is 11.0. The van der Waals surface area contributed by atoms with Gasteiger partial charge in [-0.1, -0.05) is 96.0 Å². The van der Waals surface area contributed by atoms with E-state index in [2.05, 4.69) is 143 Å². The maximum absolute atomic E-state index is 5.84. The van der Waals surface area contributed by atoms with Crippen molar-refractivity contribution in [2.24, 2.45) is 5.92 Å². The van der Waals surface area contributed by atoms with Crippen LogP contribution in [0.3, 0.4) is 0 Å². The Hall–Kier alpha value is -2.44. The molecule has 4 aromatic carbocycles. The van der Waals surface area contributed by atoms with Crippen molar-refractivity contribution in [1.82, 2.24) is 0 Å². The van der Waals surface area contributed by atoms with E-state index in [-0.39, 0.29) is 10.8 Å². The summed E-state index contributed by atoms with van der Waals surface area (Å²) in [7, 11) is 0. The molecule has 0 saturated heterocycles. The van der Waals surface area contributed by atoms with Gasteiger partial charge in [0.15, 0.2) is 0 Å². The quantitative estimate of drug-likeness (QED) is 0.159. The first kappa shape index (κ1) is 36.4. The Morgan fingerprint density at radius 3 is 1.67 bits per heavy atom. The normalized spacial score (nSPS) is 14.7. The molecule has 238 valence electrons. The third-order valence-electron chi connectivity index (χ3n) is 8.30. The average Bonchev–Trinajstić information content (AvgIpc) is 3.51. The molecule has 0 nitrogen and oxygen atoms in total. The molecule has 0 spiro atoms. The molecule has 1 atom stereocenters. The van der Waals surface area contributed by atoms with Crippen molar-refractivity contribution in [3.63, 3.8) is 0 Å². The first-order valence-electron chi connectivity index (χ1n) is 16.0. The molecule has 3 heteroatoms. The van der Waals surface area contributed by atoms with E-state index >= 15 is 0 Å². The first-order chi connectivity index (χ1) is 21.6. The molecule has 0 amide bonds. The molecule has 0 heterocycles. The van der Waals surface area contributed by atoms with E-state index in [0.717, 1.165) is 16.5 Å². The Balaban J connectivity index is 0.000000172. The van der Waals surface area contributed by atoms with Gasteiger partial charge in [0, 0.05) is 0 Å². The summed E-state index contributed by atoms with van der Waals surface area (Å²) in [6, 6.07) is 31.0. The van der Waals surface area contributed by atoms with E-state index in [4.69, 9.17) is 23.2 Å². The number of hydrogen-bond acceptors (Lipinski definition) is 0. The van der Waals surface area contributed by atoms with Crippen molar-refractivity contribution in [2.75, 3.05) is 0 Å². The van der Waals surface area contributed by atoms with Gasteiger partial charge in [0.1, 0.15) is 0 Å². The molecule has 0 aromatic heterocycles. The summed E-state index contributed by atoms with van der Waals surface area (Å²) in [5, 5.41) is 1.57. The molecular formula is C43H46Cl2Zr-2. The molecule has 0 fully saturated rings. The number of fused-ring (bicyclic) bond motifs is 3. The summed E-state index contributed by atoms with van der Waals surface area (Å²) in [6.07, 6.45) is 6.55. The summed E-state index contributed by atoms with van der Waals surface area (Å²) in [5.41, 5.74) is 14.0.